The monoisotopic (exact) mass is 254 g/mol. The molecule has 0 unspecified atom stereocenters. The molecule has 0 aliphatic heterocycles. The van der Waals surface area contributed by atoms with E-state index in [9.17, 15) is 0 Å². The lowest BCUT2D eigenvalue weighted by atomic mass is 10.1. The van der Waals surface area contributed by atoms with Crippen LogP contribution in [0.25, 0.3) is 6.08 Å². The fraction of sp³-hybridized carbons (Fsp3) is 0.0667. The molecule has 1 aromatic carbocycles. The molecule has 0 saturated heterocycles. The fourth-order valence-electron chi connectivity index (χ4n) is 1.56. The summed E-state index contributed by atoms with van der Waals surface area (Å²) in [5, 5.41) is 9.24. The highest BCUT2D eigenvalue weighted by Crippen LogP contribution is 2.13. The van der Waals surface area contributed by atoms with Gasteiger partial charge in [-0.1, -0.05) is 42.0 Å². The molecule has 88 valence electrons. The van der Waals surface area contributed by atoms with Crippen LogP contribution in [-0.2, 0) is 6.42 Å². The topological polar surface area (TPSA) is 36.7 Å². The van der Waals surface area contributed by atoms with Gasteiger partial charge in [-0.15, -0.1) is 0 Å². The summed E-state index contributed by atoms with van der Waals surface area (Å²) in [5.74, 6) is 0. The largest absolute Gasteiger partial charge is 0.244 e. The van der Waals surface area contributed by atoms with Crippen LogP contribution in [0.1, 0.15) is 16.7 Å². The van der Waals surface area contributed by atoms with Gasteiger partial charge in [-0.3, -0.25) is 0 Å². The molecule has 18 heavy (non-hydrogen) atoms. The van der Waals surface area contributed by atoms with Crippen molar-refractivity contribution >= 4 is 17.7 Å². The van der Waals surface area contributed by atoms with Crippen molar-refractivity contribution in [2.75, 3.05) is 0 Å². The Morgan fingerprint density at radius 3 is 2.67 bits per heavy atom. The van der Waals surface area contributed by atoms with Crippen LogP contribution in [-0.4, -0.2) is 4.98 Å². The molecule has 0 spiro atoms. The number of allylic oxidation sites excluding steroid dienone is 1. The molecule has 0 aliphatic carbocycles. The van der Waals surface area contributed by atoms with E-state index in [0.29, 0.717) is 10.7 Å². The first-order chi connectivity index (χ1) is 8.79. The van der Waals surface area contributed by atoms with E-state index in [1.165, 1.54) is 0 Å². The molecular formula is C15H11ClN2. The van der Waals surface area contributed by atoms with E-state index < -0.39 is 0 Å². The van der Waals surface area contributed by atoms with Crippen LogP contribution in [0.15, 0.2) is 48.7 Å². The summed E-state index contributed by atoms with van der Waals surface area (Å²) in [6, 6.07) is 13.4. The summed E-state index contributed by atoms with van der Waals surface area (Å²) >= 11 is 5.96. The summed E-state index contributed by atoms with van der Waals surface area (Å²) in [6.07, 6.45) is 6.46. The van der Waals surface area contributed by atoms with Crippen molar-refractivity contribution in [3.8, 4) is 6.07 Å². The van der Waals surface area contributed by atoms with Gasteiger partial charge >= 0.3 is 0 Å². The number of pyridine rings is 1. The Bertz CT molecular complexity index is 595. The Hall–Kier alpha value is -2.11. The van der Waals surface area contributed by atoms with E-state index in [0.717, 1.165) is 17.5 Å². The van der Waals surface area contributed by atoms with Gasteiger partial charge in [0, 0.05) is 6.20 Å². The second-order valence-electron chi connectivity index (χ2n) is 3.79. The Kier molecular flexibility index (Phi) is 4.11. The third kappa shape index (κ3) is 3.19. The molecule has 0 aliphatic rings. The predicted octanol–water partition coefficient (Wildman–Crippen LogP) is 3.86. The highest BCUT2D eigenvalue weighted by Gasteiger charge is 1.96. The average molecular weight is 255 g/mol. The van der Waals surface area contributed by atoms with E-state index >= 15 is 0 Å². The molecule has 3 heteroatoms. The molecule has 0 saturated carbocycles. The maximum Gasteiger partial charge on any atom is 0.132 e. The van der Waals surface area contributed by atoms with Crippen molar-refractivity contribution < 1.29 is 0 Å². The number of rotatable bonds is 3. The summed E-state index contributed by atoms with van der Waals surface area (Å²) in [7, 11) is 0. The van der Waals surface area contributed by atoms with Crippen molar-refractivity contribution in [1.29, 1.82) is 5.26 Å². The second kappa shape index (κ2) is 6.00. The molecule has 0 fully saturated rings. The number of nitriles is 1. The van der Waals surface area contributed by atoms with Gasteiger partial charge in [0.2, 0.25) is 0 Å². The number of hydrogen-bond donors (Lipinski definition) is 0. The van der Waals surface area contributed by atoms with Crippen LogP contribution in [0.3, 0.4) is 0 Å². The molecule has 1 heterocycles. The van der Waals surface area contributed by atoms with Gasteiger partial charge in [0.05, 0.1) is 11.6 Å². The first-order valence-electron chi connectivity index (χ1n) is 5.55. The lowest BCUT2D eigenvalue weighted by Crippen LogP contribution is -1.85. The van der Waals surface area contributed by atoms with Crippen LogP contribution >= 0.6 is 11.6 Å². The molecule has 0 N–H and O–H groups in total. The van der Waals surface area contributed by atoms with E-state index in [4.69, 9.17) is 16.9 Å². The van der Waals surface area contributed by atoms with Gasteiger partial charge in [-0.05, 0) is 35.7 Å². The standard InChI is InChI=1S/C15H11ClN2/c16-15-14(5-2-10-18-15)4-1-3-12-6-8-13(11-17)9-7-12/h1-3,5-10H,4H2. The van der Waals surface area contributed by atoms with Crippen LogP contribution in [0.2, 0.25) is 5.15 Å². The highest BCUT2D eigenvalue weighted by molar-refractivity contribution is 6.30. The summed E-state index contributed by atoms with van der Waals surface area (Å²) in [4.78, 5) is 4.02. The third-order valence-electron chi connectivity index (χ3n) is 2.52. The number of halogens is 1. The minimum atomic E-state index is 0.543. The van der Waals surface area contributed by atoms with Gasteiger partial charge in [-0.25, -0.2) is 4.98 Å². The first kappa shape index (κ1) is 12.3. The van der Waals surface area contributed by atoms with Crippen molar-refractivity contribution in [3.05, 3.63) is 70.5 Å². The maximum atomic E-state index is 8.69. The molecule has 2 aromatic rings. The van der Waals surface area contributed by atoms with Crippen molar-refractivity contribution in [1.82, 2.24) is 4.98 Å². The van der Waals surface area contributed by atoms with Gasteiger partial charge in [0.1, 0.15) is 5.15 Å². The van der Waals surface area contributed by atoms with Crippen molar-refractivity contribution in [3.63, 3.8) is 0 Å². The maximum absolute atomic E-state index is 8.69. The number of benzene rings is 1. The minimum Gasteiger partial charge on any atom is -0.244 e. The molecule has 0 radical (unpaired) electrons. The normalized spacial score (nSPS) is 10.4. The molecule has 0 atom stereocenters. The number of aromatic nitrogens is 1. The van der Waals surface area contributed by atoms with Crippen LogP contribution in [0, 0.1) is 11.3 Å². The Labute approximate surface area is 111 Å². The zero-order valence-electron chi connectivity index (χ0n) is 9.68. The average Bonchev–Trinajstić information content (AvgIpc) is 2.42. The molecule has 1 aromatic heterocycles. The highest BCUT2D eigenvalue weighted by atomic mass is 35.5. The summed E-state index contributed by atoms with van der Waals surface area (Å²) < 4.78 is 0. The Morgan fingerprint density at radius 1 is 1.22 bits per heavy atom. The second-order valence-corrected chi connectivity index (χ2v) is 4.15. The molecule has 0 amide bonds. The fourth-order valence-corrected chi connectivity index (χ4v) is 1.76. The van der Waals surface area contributed by atoms with Crippen molar-refractivity contribution in [2.45, 2.75) is 6.42 Å². The number of hydrogen-bond acceptors (Lipinski definition) is 2. The van der Waals surface area contributed by atoms with Gasteiger partial charge in [-0.2, -0.15) is 5.26 Å². The van der Waals surface area contributed by atoms with Gasteiger partial charge in [0.15, 0.2) is 0 Å². The van der Waals surface area contributed by atoms with Gasteiger partial charge in [0.25, 0.3) is 0 Å². The van der Waals surface area contributed by atoms with E-state index in [-0.39, 0.29) is 0 Å². The lowest BCUT2D eigenvalue weighted by Gasteiger charge is -1.98. The van der Waals surface area contributed by atoms with Crippen molar-refractivity contribution in [2.24, 2.45) is 0 Å². The zero-order valence-corrected chi connectivity index (χ0v) is 10.4. The predicted molar refractivity (Wildman–Crippen MR) is 73.1 cm³/mol. The molecule has 2 rings (SSSR count). The lowest BCUT2D eigenvalue weighted by molar-refractivity contribution is 1.19. The molecule has 2 nitrogen and oxygen atoms in total. The quantitative estimate of drug-likeness (QED) is 0.780. The smallest absolute Gasteiger partial charge is 0.132 e. The Morgan fingerprint density at radius 2 is 2.00 bits per heavy atom. The zero-order chi connectivity index (χ0) is 12.8. The minimum absolute atomic E-state index is 0.543. The first-order valence-corrected chi connectivity index (χ1v) is 5.93. The number of nitrogens with zero attached hydrogens (tertiary/aromatic N) is 2. The van der Waals surface area contributed by atoms with Crippen LogP contribution in [0.4, 0.5) is 0 Å². The SMILES string of the molecule is N#Cc1ccc(C=CCc2cccnc2Cl)cc1. The third-order valence-corrected chi connectivity index (χ3v) is 2.86. The van der Waals surface area contributed by atoms with Gasteiger partial charge < -0.3 is 0 Å². The van der Waals surface area contributed by atoms with Crippen LogP contribution in [0.5, 0.6) is 0 Å². The summed E-state index contributed by atoms with van der Waals surface area (Å²) in [5.41, 5.74) is 2.74. The van der Waals surface area contributed by atoms with Crippen LogP contribution < -0.4 is 0 Å². The summed E-state index contributed by atoms with van der Waals surface area (Å²) in [6.45, 7) is 0. The van der Waals surface area contributed by atoms with E-state index in [2.05, 4.69) is 11.1 Å². The molecule has 0 bridgehead atoms. The Balaban J connectivity index is 2.03. The molecular weight excluding hydrogens is 244 g/mol. The van der Waals surface area contributed by atoms with E-state index in [1.807, 2.05) is 36.4 Å². The van der Waals surface area contributed by atoms with E-state index in [1.54, 1.807) is 18.3 Å².